The standard InChI is InChI=1S/C26H19N3O3S/c30-23(28-21-13-7-8-14-22(21)32-19-11-5-2-6-12-19)15-29-17-27-25-24(26(29)31)20(16-33-25)18-9-3-1-4-10-18/h1-14,16-17H,15H2,(H,28,30). The summed E-state index contributed by atoms with van der Waals surface area (Å²) in [6.45, 7) is -0.161. The van der Waals surface area contributed by atoms with Crippen molar-refractivity contribution in [3.8, 4) is 22.6 Å². The molecule has 0 aliphatic carbocycles. The molecule has 162 valence electrons. The van der Waals surface area contributed by atoms with Crippen LogP contribution < -0.4 is 15.6 Å². The molecular weight excluding hydrogens is 434 g/mol. The molecule has 0 bridgehead atoms. The molecule has 0 spiro atoms. The molecular formula is C26H19N3O3S. The Hall–Kier alpha value is -4.23. The van der Waals surface area contributed by atoms with Crippen LogP contribution >= 0.6 is 11.3 Å². The second-order valence-electron chi connectivity index (χ2n) is 7.33. The lowest BCUT2D eigenvalue weighted by atomic mass is 10.1. The van der Waals surface area contributed by atoms with Gasteiger partial charge in [0, 0.05) is 10.9 Å². The highest BCUT2D eigenvalue weighted by molar-refractivity contribution is 7.17. The zero-order chi connectivity index (χ0) is 22.6. The summed E-state index contributed by atoms with van der Waals surface area (Å²) in [6, 6.07) is 26.2. The molecule has 1 amide bonds. The van der Waals surface area contributed by atoms with Crippen molar-refractivity contribution in [1.29, 1.82) is 0 Å². The first kappa shape index (κ1) is 20.7. The number of carbonyl (C=O) groups is 1. The van der Waals surface area contributed by atoms with Gasteiger partial charge in [-0.05, 0) is 29.8 Å². The van der Waals surface area contributed by atoms with Gasteiger partial charge in [-0.15, -0.1) is 11.3 Å². The van der Waals surface area contributed by atoms with Crippen molar-refractivity contribution in [1.82, 2.24) is 9.55 Å². The summed E-state index contributed by atoms with van der Waals surface area (Å²) in [5, 5.41) is 5.29. The van der Waals surface area contributed by atoms with Crippen molar-refractivity contribution >= 4 is 33.1 Å². The van der Waals surface area contributed by atoms with Crippen LogP contribution in [-0.4, -0.2) is 15.5 Å². The van der Waals surface area contributed by atoms with Gasteiger partial charge >= 0.3 is 0 Å². The molecule has 5 rings (SSSR count). The number of amides is 1. The third-order valence-corrected chi connectivity index (χ3v) is 5.98. The molecule has 3 aromatic carbocycles. The third-order valence-electron chi connectivity index (χ3n) is 5.09. The Morgan fingerprint density at radius 2 is 1.64 bits per heavy atom. The number of nitrogens with zero attached hydrogens (tertiary/aromatic N) is 2. The maximum absolute atomic E-state index is 13.2. The lowest BCUT2D eigenvalue weighted by molar-refractivity contribution is -0.116. The Morgan fingerprint density at radius 1 is 0.939 bits per heavy atom. The van der Waals surface area contributed by atoms with Gasteiger partial charge in [-0.25, -0.2) is 4.98 Å². The second kappa shape index (κ2) is 9.10. The molecule has 0 unspecified atom stereocenters. The lowest BCUT2D eigenvalue weighted by Crippen LogP contribution is -2.27. The summed E-state index contributed by atoms with van der Waals surface area (Å²) in [6.07, 6.45) is 1.42. The van der Waals surface area contributed by atoms with Gasteiger partial charge in [0.1, 0.15) is 17.1 Å². The fraction of sp³-hybridized carbons (Fsp3) is 0.0385. The number of hydrogen-bond acceptors (Lipinski definition) is 5. The maximum Gasteiger partial charge on any atom is 0.263 e. The van der Waals surface area contributed by atoms with Crippen LogP contribution in [0.2, 0.25) is 0 Å². The quantitative estimate of drug-likeness (QED) is 0.366. The van der Waals surface area contributed by atoms with Crippen molar-refractivity contribution in [2.24, 2.45) is 0 Å². The van der Waals surface area contributed by atoms with Gasteiger partial charge in [0.2, 0.25) is 5.91 Å². The molecule has 0 fully saturated rings. The smallest absolute Gasteiger partial charge is 0.263 e. The first-order valence-electron chi connectivity index (χ1n) is 10.3. The zero-order valence-electron chi connectivity index (χ0n) is 17.5. The Morgan fingerprint density at radius 3 is 2.42 bits per heavy atom. The predicted molar refractivity (Wildman–Crippen MR) is 131 cm³/mol. The Balaban J connectivity index is 1.40. The van der Waals surface area contributed by atoms with E-state index in [9.17, 15) is 9.59 Å². The van der Waals surface area contributed by atoms with Crippen LogP contribution in [0.4, 0.5) is 5.69 Å². The average molecular weight is 454 g/mol. The largest absolute Gasteiger partial charge is 0.455 e. The summed E-state index contributed by atoms with van der Waals surface area (Å²) in [5.74, 6) is 0.831. The summed E-state index contributed by atoms with van der Waals surface area (Å²) >= 11 is 1.41. The van der Waals surface area contributed by atoms with E-state index in [0.29, 0.717) is 27.4 Å². The van der Waals surface area contributed by atoms with Crippen molar-refractivity contribution in [3.05, 3.63) is 107 Å². The minimum atomic E-state index is -0.348. The molecule has 5 aromatic rings. The number of ether oxygens (including phenoxy) is 1. The number of carbonyl (C=O) groups excluding carboxylic acids is 1. The van der Waals surface area contributed by atoms with Gasteiger partial charge in [0.25, 0.3) is 5.56 Å². The topological polar surface area (TPSA) is 73.2 Å². The number of fused-ring (bicyclic) bond motifs is 1. The fourth-order valence-electron chi connectivity index (χ4n) is 3.53. The molecule has 0 saturated heterocycles. The lowest BCUT2D eigenvalue weighted by Gasteiger charge is -2.13. The van der Waals surface area contributed by atoms with Gasteiger partial charge in [-0.2, -0.15) is 0 Å². The number of para-hydroxylation sites is 3. The zero-order valence-corrected chi connectivity index (χ0v) is 18.3. The van der Waals surface area contributed by atoms with Crippen LogP contribution in [-0.2, 0) is 11.3 Å². The van der Waals surface area contributed by atoms with Crippen molar-refractivity contribution < 1.29 is 9.53 Å². The molecule has 0 aliphatic rings. The highest BCUT2D eigenvalue weighted by atomic mass is 32.1. The number of thiophene rings is 1. The minimum absolute atomic E-state index is 0.161. The maximum atomic E-state index is 13.2. The summed E-state index contributed by atoms with van der Waals surface area (Å²) in [7, 11) is 0. The third kappa shape index (κ3) is 4.40. The highest BCUT2D eigenvalue weighted by Gasteiger charge is 2.15. The van der Waals surface area contributed by atoms with Crippen molar-refractivity contribution in [2.75, 3.05) is 5.32 Å². The number of benzene rings is 3. The van der Waals surface area contributed by atoms with Crippen LogP contribution in [0.15, 0.2) is 101 Å². The molecule has 33 heavy (non-hydrogen) atoms. The van der Waals surface area contributed by atoms with Gasteiger partial charge in [0.15, 0.2) is 5.75 Å². The molecule has 6 nitrogen and oxygen atoms in total. The van der Waals surface area contributed by atoms with E-state index in [1.54, 1.807) is 12.1 Å². The summed E-state index contributed by atoms with van der Waals surface area (Å²) < 4.78 is 7.23. The normalized spacial score (nSPS) is 10.8. The molecule has 1 N–H and O–H groups in total. The first-order valence-corrected chi connectivity index (χ1v) is 11.2. The van der Waals surface area contributed by atoms with E-state index in [1.165, 1.54) is 22.2 Å². The Labute approximate surface area is 193 Å². The monoisotopic (exact) mass is 453 g/mol. The van der Waals surface area contributed by atoms with Crippen LogP contribution in [0.3, 0.4) is 0 Å². The minimum Gasteiger partial charge on any atom is -0.455 e. The number of rotatable bonds is 6. The van der Waals surface area contributed by atoms with Gasteiger partial charge in [-0.1, -0.05) is 60.7 Å². The molecule has 0 radical (unpaired) electrons. The molecule has 2 heterocycles. The average Bonchev–Trinajstić information content (AvgIpc) is 3.28. The van der Waals surface area contributed by atoms with Crippen LogP contribution in [0.5, 0.6) is 11.5 Å². The van der Waals surface area contributed by atoms with Crippen LogP contribution in [0, 0.1) is 0 Å². The Kier molecular flexibility index (Phi) is 5.70. The fourth-order valence-corrected chi connectivity index (χ4v) is 4.44. The van der Waals surface area contributed by atoms with E-state index < -0.39 is 0 Å². The van der Waals surface area contributed by atoms with E-state index in [4.69, 9.17) is 4.74 Å². The summed E-state index contributed by atoms with van der Waals surface area (Å²) in [4.78, 5) is 31.1. The van der Waals surface area contributed by atoms with E-state index in [2.05, 4.69) is 10.3 Å². The SMILES string of the molecule is O=C(Cn1cnc2scc(-c3ccccc3)c2c1=O)Nc1ccccc1Oc1ccccc1. The van der Waals surface area contributed by atoms with Gasteiger partial charge in [-0.3, -0.25) is 14.2 Å². The van der Waals surface area contributed by atoms with Gasteiger partial charge in [0.05, 0.1) is 17.4 Å². The van der Waals surface area contributed by atoms with Crippen molar-refractivity contribution in [2.45, 2.75) is 6.54 Å². The highest BCUT2D eigenvalue weighted by Crippen LogP contribution is 2.31. The molecule has 0 saturated carbocycles. The molecule has 7 heteroatoms. The van der Waals surface area contributed by atoms with E-state index >= 15 is 0 Å². The van der Waals surface area contributed by atoms with E-state index in [1.807, 2.05) is 78.2 Å². The predicted octanol–water partition coefficient (Wildman–Crippen LogP) is 5.56. The number of anilines is 1. The van der Waals surface area contributed by atoms with E-state index in [0.717, 1.165) is 11.1 Å². The Bertz CT molecular complexity index is 1480. The second-order valence-corrected chi connectivity index (χ2v) is 8.19. The van der Waals surface area contributed by atoms with Gasteiger partial charge < -0.3 is 10.1 Å². The molecule has 0 aliphatic heterocycles. The van der Waals surface area contributed by atoms with Crippen LogP contribution in [0.25, 0.3) is 21.3 Å². The molecule has 0 atom stereocenters. The first-order chi connectivity index (χ1) is 16.2. The number of nitrogens with one attached hydrogen (secondary N) is 1. The molecule has 2 aromatic heterocycles. The van der Waals surface area contributed by atoms with Crippen LogP contribution in [0.1, 0.15) is 0 Å². The summed E-state index contributed by atoms with van der Waals surface area (Å²) in [5.41, 5.74) is 2.04. The van der Waals surface area contributed by atoms with Crippen molar-refractivity contribution in [3.63, 3.8) is 0 Å². The number of hydrogen-bond donors (Lipinski definition) is 1. The number of aromatic nitrogens is 2. The van der Waals surface area contributed by atoms with E-state index in [-0.39, 0.29) is 18.0 Å².